The highest BCUT2D eigenvalue weighted by atomic mass is 35.5. The van der Waals surface area contributed by atoms with Gasteiger partial charge in [0.1, 0.15) is 5.75 Å². The van der Waals surface area contributed by atoms with Crippen LogP contribution in [0.4, 0.5) is 0 Å². The largest absolute Gasteiger partial charge is 0.492 e. The lowest BCUT2D eigenvalue weighted by atomic mass is 10.1. The van der Waals surface area contributed by atoms with Gasteiger partial charge in [-0.1, -0.05) is 51.8 Å². The summed E-state index contributed by atoms with van der Waals surface area (Å²) in [7, 11) is 0. The minimum atomic E-state index is 0.477. The molecule has 0 heterocycles. The molecule has 102 valence electrons. The molecule has 0 radical (unpaired) electrons. The van der Waals surface area contributed by atoms with E-state index in [0.29, 0.717) is 17.0 Å². The van der Waals surface area contributed by atoms with Gasteiger partial charge in [-0.15, -0.1) is 0 Å². The summed E-state index contributed by atoms with van der Waals surface area (Å²) in [5.41, 5.74) is 1.18. The fourth-order valence-electron chi connectivity index (χ4n) is 1.44. The van der Waals surface area contributed by atoms with Gasteiger partial charge in [-0.2, -0.15) is 0 Å². The van der Waals surface area contributed by atoms with Gasteiger partial charge in [-0.05, 0) is 23.6 Å². The fourth-order valence-corrected chi connectivity index (χ4v) is 1.70. The van der Waals surface area contributed by atoms with Crippen molar-refractivity contribution >= 4 is 11.6 Å². The number of rotatable bonds is 7. The Balaban J connectivity index is 2.56. The molecule has 1 rings (SSSR count). The van der Waals surface area contributed by atoms with Crippen molar-refractivity contribution in [1.82, 2.24) is 5.32 Å². The molecular weight excluding hydrogens is 246 g/mol. The Morgan fingerprint density at radius 1 is 1.28 bits per heavy atom. The van der Waals surface area contributed by atoms with E-state index < -0.39 is 0 Å². The molecule has 0 fully saturated rings. The van der Waals surface area contributed by atoms with Gasteiger partial charge in [0.25, 0.3) is 0 Å². The van der Waals surface area contributed by atoms with Crippen molar-refractivity contribution < 1.29 is 4.74 Å². The Morgan fingerprint density at radius 3 is 2.56 bits per heavy atom. The van der Waals surface area contributed by atoms with Gasteiger partial charge < -0.3 is 10.1 Å². The SMILES string of the molecule is CCC(C)COc1ccc(CNC(C)C)cc1Cl. The second kappa shape index (κ2) is 7.65. The van der Waals surface area contributed by atoms with Crippen molar-refractivity contribution in [2.24, 2.45) is 5.92 Å². The van der Waals surface area contributed by atoms with Crippen LogP contribution in [0, 0.1) is 5.92 Å². The van der Waals surface area contributed by atoms with Gasteiger partial charge in [0, 0.05) is 12.6 Å². The van der Waals surface area contributed by atoms with Crippen LogP contribution in [-0.2, 0) is 6.54 Å². The molecule has 0 saturated carbocycles. The van der Waals surface area contributed by atoms with Crippen LogP contribution in [0.5, 0.6) is 5.75 Å². The second-order valence-corrected chi connectivity index (χ2v) is 5.53. The molecule has 1 atom stereocenters. The molecule has 1 aromatic carbocycles. The van der Waals surface area contributed by atoms with Crippen LogP contribution in [0.2, 0.25) is 5.02 Å². The topological polar surface area (TPSA) is 21.3 Å². The maximum Gasteiger partial charge on any atom is 0.137 e. The Hall–Kier alpha value is -0.730. The Morgan fingerprint density at radius 2 is 2.00 bits per heavy atom. The summed E-state index contributed by atoms with van der Waals surface area (Å²) >= 11 is 6.22. The molecule has 2 nitrogen and oxygen atoms in total. The third-order valence-corrected chi connectivity index (χ3v) is 3.23. The molecular formula is C15H24ClNO. The average Bonchev–Trinajstić information content (AvgIpc) is 2.34. The van der Waals surface area contributed by atoms with Crippen LogP contribution in [0.25, 0.3) is 0 Å². The first-order valence-electron chi connectivity index (χ1n) is 6.67. The molecule has 0 aliphatic carbocycles. The normalized spacial score (nSPS) is 12.8. The number of benzene rings is 1. The molecule has 0 aliphatic heterocycles. The van der Waals surface area contributed by atoms with Crippen molar-refractivity contribution in [3.63, 3.8) is 0 Å². The van der Waals surface area contributed by atoms with Crippen LogP contribution < -0.4 is 10.1 Å². The number of hydrogen-bond acceptors (Lipinski definition) is 2. The first-order valence-corrected chi connectivity index (χ1v) is 7.05. The highest BCUT2D eigenvalue weighted by Crippen LogP contribution is 2.26. The lowest BCUT2D eigenvalue weighted by Crippen LogP contribution is -2.21. The zero-order valence-electron chi connectivity index (χ0n) is 11.8. The van der Waals surface area contributed by atoms with E-state index in [1.54, 1.807) is 0 Å². The van der Waals surface area contributed by atoms with Crippen molar-refractivity contribution in [1.29, 1.82) is 0 Å². The quantitative estimate of drug-likeness (QED) is 0.798. The summed E-state index contributed by atoms with van der Waals surface area (Å²) < 4.78 is 5.72. The molecule has 0 spiro atoms. The maximum atomic E-state index is 6.22. The van der Waals surface area contributed by atoms with Gasteiger partial charge in [-0.25, -0.2) is 0 Å². The Kier molecular flexibility index (Phi) is 6.51. The van der Waals surface area contributed by atoms with E-state index >= 15 is 0 Å². The number of hydrogen-bond donors (Lipinski definition) is 1. The summed E-state index contributed by atoms with van der Waals surface area (Å²) in [6.07, 6.45) is 1.12. The van der Waals surface area contributed by atoms with Gasteiger partial charge >= 0.3 is 0 Å². The van der Waals surface area contributed by atoms with Gasteiger partial charge in [0.05, 0.1) is 11.6 Å². The summed E-state index contributed by atoms with van der Waals surface area (Å²) in [5, 5.41) is 4.06. The minimum absolute atomic E-state index is 0.477. The van der Waals surface area contributed by atoms with Crippen molar-refractivity contribution in [2.45, 2.75) is 46.7 Å². The lowest BCUT2D eigenvalue weighted by molar-refractivity contribution is 0.256. The second-order valence-electron chi connectivity index (χ2n) is 5.12. The summed E-state index contributed by atoms with van der Waals surface area (Å²) in [5.74, 6) is 1.34. The van der Waals surface area contributed by atoms with Crippen LogP contribution in [-0.4, -0.2) is 12.6 Å². The first-order chi connectivity index (χ1) is 8.52. The van der Waals surface area contributed by atoms with Gasteiger partial charge in [0.15, 0.2) is 0 Å². The molecule has 0 bridgehead atoms. The Labute approximate surface area is 116 Å². The van der Waals surface area contributed by atoms with Crippen molar-refractivity contribution in [3.05, 3.63) is 28.8 Å². The van der Waals surface area contributed by atoms with E-state index in [2.05, 4.69) is 39.1 Å². The lowest BCUT2D eigenvalue weighted by Gasteiger charge is -2.13. The van der Waals surface area contributed by atoms with Crippen LogP contribution in [0.1, 0.15) is 39.7 Å². The standard InChI is InChI=1S/C15H24ClNO/c1-5-12(4)10-18-15-7-6-13(8-14(15)16)9-17-11(2)3/h6-8,11-12,17H,5,9-10H2,1-4H3. The van der Waals surface area contributed by atoms with Crippen LogP contribution in [0.15, 0.2) is 18.2 Å². The highest BCUT2D eigenvalue weighted by Gasteiger charge is 2.06. The van der Waals surface area contributed by atoms with E-state index in [9.17, 15) is 0 Å². The number of halogens is 1. The van der Waals surface area contributed by atoms with E-state index in [-0.39, 0.29) is 0 Å². The first kappa shape index (κ1) is 15.3. The molecule has 0 saturated heterocycles. The molecule has 1 aromatic rings. The highest BCUT2D eigenvalue weighted by molar-refractivity contribution is 6.32. The third-order valence-electron chi connectivity index (χ3n) is 2.93. The number of nitrogens with one attached hydrogen (secondary N) is 1. The van der Waals surface area contributed by atoms with Crippen LogP contribution >= 0.6 is 11.6 Å². The summed E-state index contributed by atoms with van der Waals surface area (Å²) in [4.78, 5) is 0. The van der Waals surface area contributed by atoms with E-state index in [1.807, 2.05) is 12.1 Å². The Bertz CT molecular complexity index is 366. The molecule has 0 aliphatic rings. The summed E-state index contributed by atoms with van der Waals surface area (Å²) in [6, 6.07) is 6.48. The molecule has 1 unspecified atom stereocenters. The average molecular weight is 270 g/mol. The zero-order chi connectivity index (χ0) is 13.5. The predicted octanol–water partition coefficient (Wildman–Crippen LogP) is 4.26. The van der Waals surface area contributed by atoms with E-state index in [1.165, 1.54) is 5.56 Å². The molecule has 3 heteroatoms. The molecule has 0 amide bonds. The molecule has 18 heavy (non-hydrogen) atoms. The number of ether oxygens (including phenoxy) is 1. The van der Waals surface area contributed by atoms with Crippen LogP contribution in [0.3, 0.4) is 0 Å². The maximum absolute atomic E-state index is 6.22. The van der Waals surface area contributed by atoms with Crippen molar-refractivity contribution in [3.8, 4) is 5.75 Å². The molecule has 0 aromatic heterocycles. The summed E-state index contributed by atoms with van der Waals surface area (Å²) in [6.45, 7) is 10.2. The third kappa shape index (κ3) is 5.28. The van der Waals surface area contributed by atoms with E-state index in [4.69, 9.17) is 16.3 Å². The van der Waals surface area contributed by atoms with E-state index in [0.717, 1.165) is 25.3 Å². The zero-order valence-corrected chi connectivity index (χ0v) is 12.6. The van der Waals surface area contributed by atoms with Crippen molar-refractivity contribution in [2.75, 3.05) is 6.61 Å². The van der Waals surface area contributed by atoms with Gasteiger partial charge in [0.2, 0.25) is 0 Å². The monoisotopic (exact) mass is 269 g/mol. The molecule has 1 N–H and O–H groups in total. The van der Waals surface area contributed by atoms with Gasteiger partial charge in [-0.3, -0.25) is 0 Å². The smallest absolute Gasteiger partial charge is 0.137 e. The predicted molar refractivity (Wildman–Crippen MR) is 78.4 cm³/mol. The minimum Gasteiger partial charge on any atom is -0.492 e. The fraction of sp³-hybridized carbons (Fsp3) is 0.600.